The summed E-state index contributed by atoms with van der Waals surface area (Å²) < 4.78 is 37.7. The van der Waals surface area contributed by atoms with E-state index >= 15 is 0 Å². The van der Waals surface area contributed by atoms with E-state index in [1.807, 2.05) is 0 Å². The number of aliphatic hydroxyl groups excluding tert-OH is 1. The van der Waals surface area contributed by atoms with Crippen LogP contribution in [0.5, 0.6) is 0 Å². The van der Waals surface area contributed by atoms with Crippen molar-refractivity contribution in [2.24, 2.45) is 5.92 Å². The van der Waals surface area contributed by atoms with E-state index in [-0.39, 0.29) is 23.0 Å². The van der Waals surface area contributed by atoms with Gasteiger partial charge in [0, 0.05) is 19.7 Å². The average molecular weight is 296 g/mol. The minimum absolute atomic E-state index is 0.133. The number of aromatic nitrogens is 2. The standard InChI is InChI=1S/C11H13ClF3N3O/c1-18(5-6-2-7(19)3-6)9-4-8(12)16-10(17-9)11(13,14)15/h4,6-7,19H,2-3,5H2,1H3. The number of nitrogens with zero attached hydrogens (tertiary/aromatic N) is 3. The summed E-state index contributed by atoms with van der Waals surface area (Å²) in [6.07, 6.45) is -3.59. The minimum atomic E-state index is -4.62. The Kier molecular flexibility index (Phi) is 3.87. The molecule has 4 nitrogen and oxygen atoms in total. The van der Waals surface area contributed by atoms with E-state index in [9.17, 15) is 18.3 Å². The number of aliphatic hydroxyl groups is 1. The first-order chi connectivity index (χ1) is 8.75. The molecule has 106 valence electrons. The fourth-order valence-electron chi connectivity index (χ4n) is 2.06. The van der Waals surface area contributed by atoms with E-state index in [0.29, 0.717) is 19.4 Å². The van der Waals surface area contributed by atoms with Crippen molar-refractivity contribution in [3.8, 4) is 0 Å². The van der Waals surface area contributed by atoms with Crippen LogP contribution in [0.25, 0.3) is 0 Å². The van der Waals surface area contributed by atoms with Crippen molar-refractivity contribution in [1.29, 1.82) is 0 Å². The molecule has 1 heterocycles. The van der Waals surface area contributed by atoms with E-state index in [2.05, 4.69) is 9.97 Å². The molecule has 0 unspecified atom stereocenters. The Hall–Kier alpha value is -1.08. The van der Waals surface area contributed by atoms with Crippen LogP contribution in [0, 0.1) is 5.92 Å². The maximum Gasteiger partial charge on any atom is 0.451 e. The van der Waals surface area contributed by atoms with Gasteiger partial charge >= 0.3 is 6.18 Å². The second-order valence-corrected chi connectivity index (χ2v) is 5.13. The number of anilines is 1. The maximum atomic E-state index is 12.6. The third-order valence-corrected chi connectivity index (χ3v) is 3.26. The highest BCUT2D eigenvalue weighted by Crippen LogP contribution is 2.31. The Morgan fingerprint density at radius 1 is 1.42 bits per heavy atom. The lowest BCUT2D eigenvalue weighted by Gasteiger charge is -2.34. The van der Waals surface area contributed by atoms with Crippen LogP contribution >= 0.6 is 11.6 Å². The molecule has 0 radical (unpaired) electrons. The zero-order valence-electron chi connectivity index (χ0n) is 10.2. The molecule has 1 saturated carbocycles. The van der Waals surface area contributed by atoms with Gasteiger partial charge in [-0.25, -0.2) is 9.97 Å². The highest BCUT2D eigenvalue weighted by Gasteiger charge is 2.36. The molecule has 2 rings (SSSR count). The van der Waals surface area contributed by atoms with E-state index < -0.39 is 12.0 Å². The summed E-state index contributed by atoms with van der Waals surface area (Å²) in [6, 6.07) is 1.30. The van der Waals surface area contributed by atoms with Gasteiger partial charge in [-0.05, 0) is 18.8 Å². The summed E-state index contributed by atoms with van der Waals surface area (Å²) in [5, 5.41) is 8.94. The van der Waals surface area contributed by atoms with Gasteiger partial charge in [0.25, 0.3) is 0 Å². The Bertz CT molecular complexity index is 463. The topological polar surface area (TPSA) is 49.2 Å². The van der Waals surface area contributed by atoms with Crippen LogP contribution in [0.3, 0.4) is 0 Å². The highest BCUT2D eigenvalue weighted by molar-refractivity contribution is 6.29. The smallest absolute Gasteiger partial charge is 0.393 e. The Balaban J connectivity index is 2.12. The average Bonchev–Trinajstić information content (AvgIpc) is 2.24. The van der Waals surface area contributed by atoms with Gasteiger partial charge < -0.3 is 10.0 Å². The van der Waals surface area contributed by atoms with Gasteiger partial charge in [0.15, 0.2) is 0 Å². The summed E-state index contributed by atoms with van der Waals surface area (Å²) in [4.78, 5) is 8.25. The fourth-order valence-corrected chi connectivity index (χ4v) is 2.24. The van der Waals surface area contributed by atoms with E-state index in [1.165, 1.54) is 6.07 Å². The van der Waals surface area contributed by atoms with Crippen LogP contribution < -0.4 is 4.90 Å². The van der Waals surface area contributed by atoms with Crippen LogP contribution in [0.4, 0.5) is 19.0 Å². The number of rotatable bonds is 3. The molecule has 0 aromatic carbocycles. The van der Waals surface area contributed by atoms with Crippen LogP contribution in [0.15, 0.2) is 6.07 Å². The van der Waals surface area contributed by atoms with Crippen molar-refractivity contribution in [2.45, 2.75) is 25.1 Å². The van der Waals surface area contributed by atoms with Crippen molar-refractivity contribution in [1.82, 2.24) is 9.97 Å². The van der Waals surface area contributed by atoms with Crippen molar-refractivity contribution < 1.29 is 18.3 Å². The molecule has 1 aliphatic carbocycles. The van der Waals surface area contributed by atoms with Gasteiger partial charge in [0.2, 0.25) is 5.82 Å². The van der Waals surface area contributed by atoms with Crippen molar-refractivity contribution >= 4 is 17.4 Å². The Labute approximate surface area is 113 Å². The summed E-state index contributed by atoms with van der Waals surface area (Å²) in [7, 11) is 1.64. The molecule has 0 atom stereocenters. The third-order valence-electron chi connectivity index (χ3n) is 3.07. The molecule has 1 aromatic heterocycles. The molecule has 1 aromatic rings. The fraction of sp³-hybridized carbons (Fsp3) is 0.636. The van der Waals surface area contributed by atoms with Crippen molar-refractivity contribution in [2.75, 3.05) is 18.5 Å². The summed E-state index contributed by atoms with van der Waals surface area (Å²) >= 11 is 5.59. The normalized spacial score (nSPS) is 23.1. The van der Waals surface area contributed by atoms with E-state index in [1.54, 1.807) is 11.9 Å². The van der Waals surface area contributed by atoms with Crippen molar-refractivity contribution in [3.63, 3.8) is 0 Å². The van der Waals surface area contributed by atoms with Gasteiger partial charge in [0.1, 0.15) is 11.0 Å². The third kappa shape index (κ3) is 3.48. The van der Waals surface area contributed by atoms with Gasteiger partial charge in [-0.3, -0.25) is 0 Å². The number of alkyl halides is 3. The van der Waals surface area contributed by atoms with Gasteiger partial charge in [0.05, 0.1) is 6.10 Å². The van der Waals surface area contributed by atoms with Gasteiger partial charge in [-0.15, -0.1) is 0 Å². The van der Waals surface area contributed by atoms with Crippen LogP contribution in [-0.2, 0) is 6.18 Å². The van der Waals surface area contributed by atoms with E-state index in [0.717, 1.165) is 0 Å². The van der Waals surface area contributed by atoms with E-state index in [4.69, 9.17) is 11.6 Å². The summed E-state index contributed by atoms with van der Waals surface area (Å²) in [5.74, 6) is -0.840. The quantitative estimate of drug-likeness (QED) is 0.870. The first-order valence-electron chi connectivity index (χ1n) is 5.76. The Morgan fingerprint density at radius 2 is 2.05 bits per heavy atom. The number of hydrogen-bond donors (Lipinski definition) is 1. The molecule has 19 heavy (non-hydrogen) atoms. The second-order valence-electron chi connectivity index (χ2n) is 4.74. The lowest BCUT2D eigenvalue weighted by molar-refractivity contribution is -0.144. The first kappa shape index (κ1) is 14.3. The molecule has 0 saturated heterocycles. The van der Waals surface area contributed by atoms with Crippen LogP contribution in [-0.4, -0.2) is 34.8 Å². The Morgan fingerprint density at radius 3 is 2.58 bits per heavy atom. The number of halogens is 4. The lowest BCUT2D eigenvalue weighted by atomic mass is 9.82. The zero-order valence-corrected chi connectivity index (χ0v) is 10.9. The molecule has 8 heteroatoms. The van der Waals surface area contributed by atoms with Gasteiger partial charge in [-0.1, -0.05) is 11.6 Å². The number of hydrogen-bond acceptors (Lipinski definition) is 4. The molecule has 0 aliphatic heterocycles. The molecular formula is C11H13ClF3N3O. The molecule has 0 amide bonds. The van der Waals surface area contributed by atoms with Crippen LogP contribution in [0.1, 0.15) is 18.7 Å². The molecular weight excluding hydrogens is 283 g/mol. The molecule has 0 spiro atoms. The zero-order chi connectivity index (χ0) is 14.2. The monoisotopic (exact) mass is 295 g/mol. The predicted octanol–water partition coefficient (Wildman–Crippen LogP) is 2.36. The van der Waals surface area contributed by atoms with Crippen molar-refractivity contribution in [3.05, 3.63) is 17.0 Å². The lowest BCUT2D eigenvalue weighted by Crippen LogP contribution is -2.37. The molecule has 1 aliphatic rings. The SMILES string of the molecule is CN(CC1CC(O)C1)c1cc(Cl)nc(C(F)(F)F)n1. The van der Waals surface area contributed by atoms with Gasteiger partial charge in [-0.2, -0.15) is 13.2 Å². The second kappa shape index (κ2) is 5.13. The molecule has 1 N–H and O–H groups in total. The minimum Gasteiger partial charge on any atom is -0.393 e. The maximum absolute atomic E-state index is 12.6. The summed E-state index contributed by atoms with van der Waals surface area (Å²) in [6.45, 7) is 0.529. The highest BCUT2D eigenvalue weighted by atomic mass is 35.5. The largest absolute Gasteiger partial charge is 0.451 e. The first-order valence-corrected chi connectivity index (χ1v) is 6.14. The summed E-state index contributed by atoms with van der Waals surface area (Å²) in [5.41, 5.74) is 0. The molecule has 0 bridgehead atoms. The van der Waals surface area contributed by atoms with Crippen LogP contribution in [0.2, 0.25) is 5.15 Å². The molecule has 1 fully saturated rings. The predicted molar refractivity (Wildman–Crippen MR) is 64.0 cm³/mol.